The van der Waals surface area contributed by atoms with Crippen LogP contribution in [0, 0.1) is 11.6 Å². The van der Waals surface area contributed by atoms with Crippen LogP contribution < -0.4 is 4.74 Å². The fraction of sp³-hybridized carbons (Fsp3) is 0.345. The van der Waals surface area contributed by atoms with Crippen LogP contribution in [0.15, 0.2) is 48.5 Å². The molecule has 2 aromatic carbocycles. The van der Waals surface area contributed by atoms with Crippen molar-refractivity contribution in [3.63, 3.8) is 0 Å². The Hall–Kier alpha value is -3.60. The van der Waals surface area contributed by atoms with Gasteiger partial charge in [0.15, 0.2) is 11.6 Å². The molecule has 208 valence electrons. The number of carbonyl (C=O) groups is 1. The molecule has 0 radical (unpaired) electrons. The molecule has 2 saturated heterocycles. The van der Waals surface area contributed by atoms with E-state index in [1.807, 2.05) is 4.57 Å². The largest absolute Gasteiger partial charge is 0.484 e. The molecule has 0 saturated carbocycles. The summed E-state index contributed by atoms with van der Waals surface area (Å²) in [6.07, 6.45) is 1.73. The number of carboxylic acids is 1. The fourth-order valence-electron chi connectivity index (χ4n) is 5.27. The molecule has 11 heteroatoms. The summed E-state index contributed by atoms with van der Waals surface area (Å²) in [5.41, 5.74) is 2.56. The monoisotopic (exact) mass is 568 g/mol. The third-order valence-corrected chi connectivity index (χ3v) is 7.71. The molecule has 1 N–H and O–H groups in total. The van der Waals surface area contributed by atoms with Gasteiger partial charge < -0.3 is 19.1 Å². The number of fused-ring (bicyclic) bond motifs is 1. The number of pyridine rings is 1. The molecule has 0 spiro atoms. The zero-order valence-electron chi connectivity index (χ0n) is 21.5. The second-order valence-corrected chi connectivity index (χ2v) is 10.6. The van der Waals surface area contributed by atoms with Crippen LogP contribution in [0.1, 0.15) is 46.3 Å². The predicted molar refractivity (Wildman–Crippen MR) is 144 cm³/mol. The summed E-state index contributed by atoms with van der Waals surface area (Å²) in [7, 11) is 0. The van der Waals surface area contributed by atoms with Crippen LogP contribution in [0.2, 0.25) is 5.02 Å². The Morgan fingerprint density at radius 1 is 1.10 bits per heavy atom. The molecule has 0 amide bonds. The average Bonchev–Trinajstić information content (AvgIpc) is 3.50. The van der Waals surface area contributed by atoms with Gasteiger partial charge in [0, 0.05) is 24.1 Å². The van der Waals surface area contributed by atoms with Crippen molar-refractivity contribution in [2.24, 2.45) is 0 Å². The number of hydrogen-bond donors (Lipinski definition) is 1. The molecule has 0 bridgehead atoms. The van der Waals surface area contributed by atoms with Crippen LogP contribution in [0.4, 0.5) is 8.78 Å². The van der Waals surface area contributed by atoms with Gasteiger partial charge >= 0.3 is 5.97 Å². The number of halogens is 3. The van der Waals surface area contributed by atoms with Gasteiger partial charge in [-0.25, -0.2) is 18.6 Å². The van der Waals surface area contributed by atoms with Crippen LogP contribution >= 0.6 is 11.6 Å². The number of hydrogen-bond acceptors (Lipinski definition) is 6. The van der Waals surface area contributed by atoms with Crippen LogP contribution in [-0.2, 0) is 24.4 Å². The van der Waals surface area contributed by atoms with E-state index >= 15 is 0 Å². The standard InChI is InChI=1S/C29H27ClF2N4O4/c30-19-2-6-26(23(32)12-19)40-16-20-3-4-22(31)28(33-20)18-7-9-35(13-18)15-27-34-24-5-1-17(29(37)38)11-25(24)36(27)14-21-8-10-39-21/h1-6,11-12,18,21H,7-10,13-16H2,(H,37,38)/t18?,21-/m0/s1. The van der Waals surface area contributed by atoms with Crippen LogP contribution in [0.5, 0.6) is 5.75 Å². The summed E-state index contributed by atoms with van der Waals surface area (Å²) in [5, 5.41) is 9.75. The Morgan fingerprint density at radius 2 is 1.95 bits per heavy atom. The quantitative estimate of drug-likeness (QED) is 0.288. The minimum Gasteiger partial charge on any atom is -0.484 e. The number of aromatic nitrogens is 3. The van der Waals surface area contributed by atoms with Crippen molar-refractivity contribution in [1.82, 2.24) is 19.4 Å². The molecule has 2 fully saturated rings. The third kappa shape index (κ3) is 5.52. The van der Waals surface area contributed by atoms with Gasteiger partial charge in [0.05, 0.1) is 47.2 Å². The second kappa shape index (κ2) is 11.1. The van der Waals surface area contributed by atoms with Gasteiger partial charge in [0.2, 0.25) is 0 Å². The first kappa shape index (κ1) is 26.6. The topological polar surface area (TPSA) is 89.7 Å². The molecule has 2 atom stereocenters. The van der Waals surface area contributed by atoms with Crippen LogP contribution in [0.3, 0.4) is 0 Å². The lowest BCUT2D eigenvalue weighted by Crippen LogP contribution is -2.32. The van der Waals surface area contributed by atoms with Crippen molar-refractivity contribution in [2.45, 2.75) is 44.6 Å². The SMILES string of the molecule is O=C(O)c1ccc2nc(CN3CCC(c4nc(COc5ccc(Cl)cc5F)ccc4F)C3)n(C[C@@H]3CCO3)c2c1. The second-order valence-electron chi connectivity index (χ2n) is 10.2. The number of imidazole rings is 1. The van der Waals surface area contributed by atoms with Gasteiger partial charge in [-0.2, -0.15) is 0 Å². The van der Waals surface area contributed by atoms with E-state index in [2.05, 4.69) is 9.88 Å². The van der Waals surface area contributed by atoms with Gasteiger partial charge in [0.1, 0.15) is 18.2 Å². The first-order valence-corrected chi connectivity index (χ1v) is 13.5. The fourth-order valence-corrected chi connectivity index (χ4v) is 5.43. The number of ether oxygens (including phenoxy) is 2. The summed E-state index contributed by atoms with van der Waals surface area (Å²) in [6.45, 7) is 3.15. The molecular formula is C29H27ClF2N4O4. The summed E-state index contributed by atoms with van der Waals surface area (Å²) in [5.74, 6) is -1.21. The van der Waals surface area contributed by atoms with Crippen molar-refractivity contribution >= 4 is 28.6 Å². The maximum absolute atomic E-state index is 14.9. The first-order chi connectivity index (χ1) is 19.3. The van der Waals surface area contributed by atoms with E-state index in [9.17, 15) is 18.7 Å². The number of carboxylic acid groups (broad SMARTS) is 1. The highest BCUT2D eigenvalue weighted by Gasteiger charge is 2.30. The molecular weight excluding hydrogens is 542 g/mol. The zero-order valence-corrected chi connectivity index (χ0v) is 22.3. The normalized spacial score (nSPS) is 19.2. The molecule has 1 unspecified atom stereocenters. The molecule has 6 rings (SSSR count). The maximum atomic E-state index is 14.9. The molecule has 40 heavy (non-hydrogen) atoms. The van der Waals surface area contributed by atoms with Crippen molar-refractivity contribution in [3.8, 4) is 5.75 Å². The summed E-state index contributed by atoms with van der Waals surface area (Å²) >= 11 is 5.80. The molecule has 8 nitrogen and oxygen atoms in total. The molecule has 2 aromatic heterocycles. The van der Waals surface area contributed by atoms with Gasteiger partial charge in [-0.3, -0.25) is 9.88 Å². The summed E-state index contributed by atoms with van der Waals surface area (Å²) < 4.78 is 42.2. The van der Waals surface area contributed by atoms with Gasteiger partial charge in [0.25, 0.3) is 0 Å². The van der Waals surface area contributed by atoms with E-state index in [0.29, 0.717) is 31.0 Å². The van der Waals surface area contributed by atoms with E-state index < -0.39 is 11.8 Å². The molecule has 4 heterocycles. The molecule has 0 aliphatic carbocycles. The van der Waals surface area contributed by atoms with Crippen LogP contribution in [-0.4, -0.2) is 56.3 Å². The van der Waals surface area contributed by atoms with Crippen molar-refractivity contribution in [1.29, 1.82) is 0 Å². The van der Waals surface area contributed by atoms with Gasteiger partial charge in [-0.15, -0.1) is 0 Å². The zero-order chi connectivity index (χ0) is 27.8. The van der Waals surface area contributed by atoms with E-state index in [1.165, 1.54) is 30.3 Å². The Kier molecular flexibility index (Phi) is 7.39. The minimum atomic E-state index is -0.987. The Balaban J connectivity index is 1.17. The van der Waals surface area contributed by atoms with Crippen molar-refractivity contribution in [3.05, 3.63) is 88.0 Å². The van der Waals surface area contributed by atoms with Gasteiger partial charge in [-0.1, -0.05) is 11.6 Å². The lowest BCUT2D eigenvalue weighted by molar-refractivity contribution is -0.0591. The van der Waals surface area contributed by atoms with E-state index in [-0.39, 0.29) is 40.8 Å². The summed E-state index contributed by atoms with van der Waals surface area (Å²) in [6, 6.07) is 12.0. The third-order valence-electron chi connectivity index (χ3n) is 7.48. The Bertz CT molecular complexity index is 1580. The van der Waals surface area contributed by atoms with Gasteiger partial charge in [-0.05, 0) is 67.9 Å². The highest BCUT2D eigenvalue weighted by molar-refractivity contribution is 6.30. The smallest absolute Gasteiger partial charge is 0.335 e. The number of rotatable bonds is 9. The number of aromatic carboxylic acids is 1. The Labute approximate surface area is 234 Å². The van der Waals surface area contributed by atoms with E-state index in [4.69, 9.17) is 26.1 Å². The van der Waals surface area contributed by atoms with Crippen molar-refractivity contribution < 1.29 is 28.2 Å². The first-order valence-electron chi connectivity index (χ1n) is 13.1. The number of benzene rings is 2. The average molecular weight is 569 g/mol. The lowest BCUT2D eigenvalue weighted by Gasteiger charge is -2.28. The number of nitrogens with zero attached hydrogens (tertiary/aromatic N) is 4. The Morgan fingerprint density at radius 3 is 2.70 bits per heavy atom. The van der Waals surface area contributed by atoms with Crippen molar-refractivity contribution in [2.75, 3.05) is 19.7 Å². The molecule has 2 aliphatic heterocycles. The highest BCUT2D eigenvalue weighted by atomic mass is 35.5. The van der Waals surface area contributed by atoms with Crippen LogP contribution in [0.25, 0.3) is 11.0 Å². The maximum Gasteiger partial charge on any atom is 0.335 e. The lowest BCUT2D eigenvalue weighted by atomic mass is 10.0. The highest BCUT2D eigenvalue weighted by Crippen LogP contribution is 2.31. The summed E-state index contributed by atoms with van der Waals surface area (Å²) in [4.78, 5) is 23.1. The predicted octanol–water partition coefficient (Wildman–Crippen LogP) is 5.42. The van der Waals surface area contributed by atoms with E-state index in [1.54, 1.807) is 18.2 Å². The van der Waals surface area contributed by atoms with E-state index in [0.717, 1.165) is 42.9 Å². The minimum absolute atomic E-state index is 0.00609. The molecule has 4 aromatic rings. The number of likely N-dealkylation sites (tertiary alicyclic amines) is 1. The molecule has 2 aliphatic rings.